The van der Waals surface area contributed by atoms with Crippen LogP contribution in [-0.4, -0.2) is 176 Å². The van der Waals surface area contributed by atoms with Crippen molar-refractivity contribution in [2.75, 3.05) is 145 Å². The topological polar surface area (TPSA) is 182 Å². The van der Waals surface area contributed by atoms with Gasteiger partial charge in [0, 0.05) is 6.42 Å². The van der Waals surface area contributed by atoms with E-state index in [9.17, 15) is 14.4 Å². The summed E-state index contributed by atoms with van der Waals surface area (Å²) in [6, 6.07) is 0. The van der Waals surface area contributed by atoms with Crippen LogP contribution in [0.4, 0.5) is 0 Å². The Balaban J connectivity index is 3.18. The van der Waals surface area contributed by atoms with Crippen molar-refractivity contribution in [1.82, 2.24) is 0 Å². The molecule has 0 aromatic rings. The van der Waals surface area contributed by atoms with E-state index in [1.54, 1.807) is 0 Å². The van der Waals surface area contributed by atoms with E-state index in [1.165, 1.54) is 0 Å². The summed E-state index contributed by atoms with van der Waals surface area (Å²) in [7, 11) is -1.71. The predicted molar refractivity (Wildman–Crippen MR) is 184 cm³/mol. The summed E-state index contributed by atoms with van der Waals surface area (Å²) in [5.41, 5.74) is 0. The molecule has 0 aliphatic rings. The zero-order chi connectivity index (χ0) is 37.2. The van der Waals surface area contributed by atoms with E-state index in [4.69, 9.17) is 61.6 Å². The molecule has 0 amide bonds. The number of carbonyl (C=O) groups excluding carboxylic acids is 2. The lowest BCUT2D eigenvalue weighted by Crippen LogP contribution is -2.41. The van der Waals surface area contributed by atoms with Gasteiger partial charge in [-0.2, -0.15) is 0 Å². The third-order valence-corrected chi connectivity index (χ3v) is 11.7. The van der Waals surface area contributed by atoms with Crippen molar-refractivity contribution in [1.29, 1.82) is 0 Å². The van der Waals surface area contributed by atoms with Crippen LogP contribution in [-0.2, 0) is 70.9 Å². The first-order chi connectivity index (χ1) is 24.0. The maximum atomic E-state index is 11.4. The Morgan fingerprint density at radius 3 is 0.960 bits per heavy atom. The van der Waals surface area contributed by atoms with Gasteiger partial charge in [0.05, 0.1) is 145 Å². The van der Waals surface area contributed by atoms with E-state index >= 15 is 0 Å². The van der Waals surface area contributed by atoms with Crippen LogP contribution < -0.4 is 0 Å². The fourth-order valence-corrected chi connectivity index (χ4v) is 4.29. The highest BCUT2D eigenvalue weighted by atomic mass is 28.4. The number of aliphatic carboxylic acids is 1. The molecule has 0 saturated heterocycles. The fourth-order valence-electron chi connectivity index (χ4n) is 3.26. The van der Waals surface area contributed by atoms with E-state index in [-0.39, 0.29) is 31.1 Å². The number of Topliss-reactive ketones (excluding diaryl/α,β-unsaturated/α-hetero) is 1. The normalized spacial score (nSPS) is 12.0. The van der Waals surface area contributed by atoms with Crippen LogP contribution in [0.15, 0.2) is 0 Å². The summed E-state index contributed by atoms with van der Waals surface area (Å²) >= 11 is 0. The smallest absolute Gasteiger partial charge is 0.372 e. The molecule has 0 heterocycles. The molecular weight excluding hydrogens is 680 g/mol. The van der Waals surface area contributed by atoms with Crippen LogP contribution in [0.1, 0.15) is 33.6 Å². The summed E-state index contributed by atoms with van der Waals surface area (Å²) in [6.45, 7) is 20.9. The molecule has 0 aromatic carbocycles. The van der Waals surface area contributed by atoms with Crippen LogP contribution in [0.3, 0.4) is 0 Å². The SMILES string of the molecule is CC(C)(C)[Si](C)(C)OCCOCCOCCOCCOCCOCCOCCOCCOCCOCCOCCOC(=O)CCC(=O)C(=O)O. The fraction of sp³-hybridized carbons (Fsp3) is 0.909. The van der Waals surface area contributed by atoms with E-state index in [1.807, 2.05) is 0 Å². The molecular formula is C33H64O16Si. The largest absolute Gasteiger partial charge is 0.476 e. The number of carboxylic acids is 1. The Kier molecular flexibility index (Phi) is 32.2. The third kappa shape index (κ3) is 32.3. The second-order valence-corrected chi connectivity index (χ2v) is 17.0. The lowest BCUT2D eigenvalue weighted by atomic mass is 10.2. The Bertz CT molecular complexity index is 824. The molecule has 0 fully saturated rings. The molecule has 0 bridgehead atoms. The summed E-state index contributed by atoms with van der Waals surface area (Å²) in [6.07, 6.45) is -0.660. The summed E-state index contributed by atoms with van der Waals surface area (Å²) in [5, 5.41) is 8.65. The molecule has 0 spiro atoms. The quantitative estimate of drug-likeness (QED) is 0.0420. The van der Waals surface area contributed by atoms with Crippen molar-refractivity contribution in [3.05, 3.63) is 0 Å². The van der Waals surface area contributed by atoms with Crippen LogP contribution in [0.2, 0.25) is 18.1 Å². The van der Waals surface area contributed by atoms with Crippen molar-refractivity contribution in [3.63, 3.8) is 0 Å². The molecule has 0 aliphatic heterocycles. The lowest BCUT2D eigenvalue weighted by Gasteiger charge is -2.36. The number of rotatable bonds is 38. The zero-order valence-corrected chi connectivity index (χ0v) is 32.0. The van der Waals surface area contributed by atoms with E-state index < -0.39 is 26.0 Å². The van der Waals surface area contributed by atoms with Gasteiger partial charge in [-0.25, -0.2) is 4.79 Å². The zero-order valence-electron chi connectivity index (χ0n) is 31.0. The first-order valence-electron chi connectivity index (χ1n) is 17.3. The van der Waals surface area contributed by atoms with Gasteiger partial charge >= 0.3 is 11.9 Å². The highest BCUT2D eigenvalue weighted by molar-refractivity contribution is 6.74. The molecule has 0 aliphatic carbocycles. The summed E-state index contributed by atoms with van der Waals surface area (Å²) in [5.74, 6) is -3.24. The Labute approximate surface area is 299 Å². The Morgan fingerprint density at radius 2 is 0.700 bits per heavy atom. The molecule has 0 saturated carbocycles. The summed E-state index contributed by atoms with van der Waals surface area (Å²) < 4.78 is 65.4. The van der Waals surface area contributed by atoms with E-state index in [0.717, 1.165) is 0 Å². The van der Waals surface area contributed by atoms with Crippen LogP contribution in [0, 0.1) is 0 Å². The van der Waals surface area contributed by atoms with Gasteiger partial charge in [0.1, 0.15) is 6.61 Å². The number of hydrogen-bond donors (Lipinski definition) is 1. The number of esters is 1. The first kappa shape index (κ1) is 48.4. The Hall–Kier alpha value is -1.61. The molecule has 17 heteroatoms. The van der Waals surface area contributed by atoms with E-state index in [0.29, 0.717) is 132 Å². The monoisotopic (exact) mass is 744 g/mol. The minimum Gasteiger partial charge on any atom is -0.476 e. The number of ketones is 1. The Morgan fingerprint density at radius 1 is 0.440 bits per heavy atom. The van der Waals surface area contributed by atoms with Gasteiger partial charge in [-0.05, 0) is 18.1 Å². The second kappa shape index (κ2) is 33.2. The van der Waals surface area contributed by atoms with Crippen molar-refractivity contribution < 1.29 is 76.0 Å². The predicted octanol–water partition coefficient (Wildman–Crippen LogP) is 2.15. The van der Waals surface area contributed by atoms with Crippen molar-refractivity contribution in [2.24, 2.45) is 0 Å². The van der Waals surface area contributed by atoms with Gasteiger partial charge in [0.25, 0.3) is 0 Å². The van der Waals surface area contributed by atoms with Crippen molar-refractivity contribution in [3.8, 4) is 0 Å². The molecule has 50 heavy (non-hydrogen) atoms. The number of carbonyl (C=O) groups is 3. The highest BCUT2D eigenvalue weighted by Crippen LogP contribution is 2.36. The minimum absolute atomic E-state index is 0.0139. The molecule has 296 valence electrons. The number of ether oxygens (including phenoxy) is 11. The average Bonchev–Trinajstić information content (AvgIpc) is 3.06. The van der Waals surface area contributed by atoms with Crippen molar-refractivity contribution >= 4 is 26.0 Å². The van der Waals surface area contributed by atoms with Crippen LogP contribution >= 0.6 is 0 Å². The lowest BCUT2D eigenvalue weighted by molar-refractivity contribution is -0.151. The molecule has 16 nitrogen and oxygen atoms in total. The molecule has 0 aromatic heterocycles. The average molecular weight is 745 g/mol. The molecule has 0 rings (SSSR count). The molecule has 0 radical (unpaired) electrons. The maximum absolute atomic E-state index is 11.4. The maximum Gasteiger partial charge on any atom is 0.372 e. The summed E-state index contributed by atoms with van der Waals surface area (Å²) in [4.78, 5) is 32.7. The van der Waals surface area contributed by atoms with Gasteiger partial charge in [0.15, 0.2) is 8.32 Å². The molecule has 0 unspecified atom stereocenters. The highest BCUT2D eigenvalue weighted by Gasteiger charge is 2.36. The van der Waals surface area contributed by atoms with Crippen LogP contribution in [0.5, 0.6) is 0 Å². The minimum atomic E-state index is -1.71. The molecule has 1 N–H and O–H groups in total. The number of carboxylic acid groups (broad SMARTS) is 1. The standard InChI is InChI=1S/C33H64O16Si/c1-33(2,3)50(4,5)49-29-27-47-25-23-45-21-19-43-17-15-41-13-11-39-9-8-38-10-12-40-14-16-42-18-20-44-22-24-46-26-28-48-31(35)7-6-30(34)32(36)37/h6-29H2,1-5H3,(H,36,37). The number of hydrogen-bond acceptors (Lipinski definition) is 15. The van der Waals surface area contributed by atoms with Gasteiger partial charge in [-0.3, -0.25) is 9.59 Å². The van der Waals surface area contributed by atoms with Gasteiger partial charge in [-0.1, -0.05) is 20.8 Å². The first-order valence-corrected chi connectivity index (χ1v) is 20.2. The van der Waals surface area contributed by atoms with Crippen molar-refractivity contribution in [2.45, 2.75) is 51.7 Å². The third-order valence-electron chi connectivity index (χ3n) is 7.13. The molecule has 0 atom stereocenters. The van der Waals surface area contributed by atoms with Gasteiger partial charge < -0.3 is 61.6 Å². The van der Waals surface area contributed by atoms with Gasteiger partial charge in [0.2, 0.25) is 5.78 Å². The second-order valence-electron chi connectivity index (χ2n) is 12.2. The van der Waals surface area contributed by atoms with Crippen LogP contribution in [0.25, 0.3) is 0 Å². The van der Waals surface area contributed by atoms with Gasteiger partial charge in [-0.15, -0.1) is 0 Å². The van der Waals surface area contributed by atoms with E-state index in [2.05, 4.69) is 33.9 Å².